The third-order valence-corrected chi connectivity index (χ3v) is 4.39. The molecule has 3 aromatic rings. The Kier molecular flexibility index (Phi) is 4.46. The lowest BCUT2D eigenvalue weighted by Crippen LogP contribution is -2.43. The zero-order valence-electron chi connectivity index (χ0n) is 14.5. The summed E-state index contributed by atoms with van der Waals surface area (Å²) in [4.78, 5) is 19.1. The number of para-hydroxylation sites is 2. The molecule has 1 aliphatic rings. The van der Waals surface area contributed by atoms with Crippen LogP contribution in [0, 0.1) is 12.3 Å². The Balaban J connectivity index is 1.85. The van der Waals surface area contributed by atoms with Gasteiger partial charge in [-0.25, -0.2) is 0 Å². The minimum atomic E-state index is -0.441. The van der Waals surface area contributed by atoms with Crippen LogP contribution in [0.25, 0.3) is 0 Å². The average molecular weight is 355 g/mol. The molecule has 2 aromatic carbocycles. The molecule has 27 heavy (non-hydrogen) atoms. The fourth-order valence-electron chi connectivity index (χ4n) is 3.20. The number of aromatic nitrogens is 1. The van der Waals surface area contributed by atoms with E-state index in [9.17, 15) is 4.79 Å². The first-order valence-electron chi connectivity index (χ1n) is 8.54. The second-order valence-electron chi connectivity index (χ2n) is 6.00. The van der Waals surface area contributed by atoms with Crippen molar-refractivity contribution in [3.05, 3.63) is 84.2 Å². The molecule has 5 nitrogen and oxygen atoms in total. The van der Waals surface area contributed by atoms with Crippen LogP contribution in [0.3, 0.4) is 0 Å². The van der Waals surface area contributed by atoms with Crippen molar-refractivity contribution in [3.63, 3.8) is 0 Å². The normalized spacial score (nSPS) is 15.4. The van der Waals surface area contributed by atoms with Gasteiger partial charge >= 0.3 is 0 Å². The lowest BCUT2D eigenvalue weighted by Gasteiger charge is -2.38. The second kappa shape index (κ2) is 7.22. The number of carbonyl (C=O) groups excluding carboxylic acids is 1. The fraction of sp³-hybridized carbons (Fsp3) is 0.0909. The van der Waals surface area contributed by atoms with Gasteiger partial charge < -0.3 is 10.1 Å². The summed E-state index contributed by atoms with van der Waals surface area (Å²) in [6.07, 6.45) is 8.24. The molecule has 0 saturated heterocycles. The molecule has 0 aliphatic carbocycles. The highest BCUT2D eigenvalue weighted by Gasteiger charge is 2.35. The highest BCUT2D eigenvalue weighted by Crippen LogP contribution is 2.39. The van der Waals surface area contributed by atoms with Gasteiger partial charge in [-0.15, -0.1) is 6.42 Å². The van der Waals surface area contributed by atoms with Crippen LogP contribution in [0.5, 0.6) is 5.75 Å². The number of nitrogens with one attached hydrogen (secondary N) is 1. The number of terminal acetylenes is 1. The van der Waals surface area contributed by atoms with Gasteiger partial charge in [-0.05, 0) is 30.3 Å². The number of hydrogen-bond acceptors (Lipinski definition) is 4. The van der Waals surface area contributed by atoms with Gasteiger partial charge in [-0.2, -0.15) is 0 Å². The molecular weight excluding hydrogens is 338 g/mol. The van der Waals surface area contributed by atoms with Gasteiger partial charge in [0.15, 0.2) is 0 Å². The monoisotopic (exact) mass is 355 g/mol. The summed E-state index contributed by atoms with van der Waals surface area (Å²) in [6, 6.07) is 18.7. The third-order valence-electron chi connectivity index (χ3n) is 4.39. The number of rotatable bonds is 4. The summed E-state index contributed by atoms with van der Waals surface area (Å²) < 4.78 is 5.72. The molecule has 1 aliphatic heterocycles. The van der Waals surface area contributed by atoms with E-state index in [1.165, 1.54) is 0 Å². The van der Waals surface area contributed by atoms with Crippen molar-refractivity contribution in [2.24, 2.45) is 0 Å². The molecule has 1 atom stereocenters. The molecule has 0 radical (unpaired) electrons. The molecular formula is C22H17N3O2. The van der Waals surface area contributed by atoms with E-state index in [1.807, 2.05) is 60.7 Å². The molecule has 4 rings (SSSR count). The van der Waals surface area contributed by atoms with E-state index >= 15 is 0 Å². The van der Waals surface area contributed by atoms with Crippen molar-refractivity contribution in [1.29, 1.82) is 0 Å². The number of carbonyl (C=O) groups is 1. The zero-order chi connectivity index (χ0) is 18.6. The van der Waals surface area contributed by atoms with Crippen LogP contribution >= 0.6 is 0 Å². The summed E-state index contributed by atoms with van der Waals surface area (Å²) >= 11 is 0. The Morgan fingerprint density at radius 2 is 1.81 bits per heavy atom. The van der Waals surface area contributed by atoms with Gasteiger partial charge in [0.25, 0.3) is 5.91 Å². The second-order valence-corrected chi connectivity index (χ2v) is 6.00. The van der Waals surface area contributed by atoms with Crippen LogP contribution in [0.1, 0.15) is 22.1 Å². The van der Waals surface area contributed by atoms with Crippen molar-refractivity contribution in [3.8, 4) is 18.1 Å². The fourth-order valence-corrected chi connectivity index (χ4v) is 3.20. The number of fused-ring (bicyclic) bond motifs is 1. The largest absolute Gasteiger partial charge is 0.481 e. The van der Waals surface area contributed by atoms with Crippen LogP contribution in [-0.2, 0) is 0 Å². The van der Waals surface area contributed by atoms with Crippen molar-refractivity contribution < 1.29 is 9.53 Å². The third kappa shape index (κ3) is 3.09. The highest BCUT2D eigenvalue weighted by atomic mass is 16.5. The van der Waals surface area contributed by atoms with E-state index in [0.717, 1.165) is 16.9 Å². The van der Waals surface area contributed by atoms with Crippen LogP contribution in [0.2, 0.25) is 0 Å². The van der Waals surface area contributed by atoms with Crippen molar-refractivity contribution in [2.45, 2.75) is 6.17 Å². The standard InChI is InChI=1S/C22H17N3O2/c1-2-15-27-20-10-6-4-8-18(20)21-24-19-9-5-3-7-17(19)22(26)25(21)16-11-13-23-14-12-16/h1,3-14,21,24H,15H2. The van der Waals surface area contributed by atoms with Gasteiger partial charge in [0.2, 0.25) is 0 Å². The molecule has 5 heteroatoms. The van der Waals surface area contributed by atoms with E-state index in [1.54, 1.807) is 17.3 Å². The lowest BCUT2D eigenvalue weighted by atomic mass is 10.0. The molecule has 1 N–H and O–H groups in total. The van der Waals surface area contributed by atoms with E-state index in [-0.39, 0.29) is 12.5 Å². The van der Waals surface area contributed by atoms with E-state index < -0.39 is 6.17 Å². The molecule has 0 fully saturated rings. The van der Waals surface area contributed by atoms with Gasteiger partial charge in [-0.1, -0.05) is 36.3 Å². The van der Waals surface area contributed by atoms with Crippen molar-refractivity contribution in [2.75, 3.05) is 16.8 Å². The number of benzene rings is 2. The zero-order valence-corrected chi connectivity index (χ0v) is 14.5. The predicted molar refractivity (Wildman–Crippen MR) is 105 cm³/mol. The Morgan fingerprint density at radius 1 is 1.07 bits per heavy atom. The van der Waals surface area contributed by atoms with Gasteiger partial charge in [-0.3, -0.25) is 14.7 Å². The first-order valence-corrected chi connectivity index (χ1v) is 8.54. The maximum atomic E-state index is 13.3. The number of pyridine rings is 1. The number of amides is 1. The molecule has 1 unspecified atom stereocenters. The topological polar surface area (TPSA) is 54.5 Å². The average Bonchev–Trinajstić information content (AvgIpc) is 2.73. The summed E-state index contributed by atoms with van der Waals surface area (Å²) in [5.74, 6) is 3.03. The van der Waals surface area contributed by atoms with Gasteiger partial charge in [0.1, 0.15) is 18.5 Å². The van der Waals surface area contributed by atoms with Gasteiger partial charge in [0.05, 0.1) is 5.56 Å². The minimum Gasteiger partial charge on any atom is -0.481 e. The Morgan fingerprint density at radius 3 is 2.63 bits per heavy atom. The molecule has 132 valence electrons. The Bertz CT molecular complexity index is 1010. The summed E-state index contributed by atoms with van der Waals surface area (Å²) in [5, 5.41) is 3.46. The first kappa shape index (κ1) is 16.7. The maximum Gasteiger partial charge on any atom is 0.262 e. The van der Waals surface area contributed by atoms with Gasteiger partial charge in [0, 0.05) is 29.3 Å². The van der Waals surface area contributed by atoms with Crippen molar-refractivity contribution in [1.82, 2.24) is 4.98 Å². The van der Waals surface area contributed by atoms with Crippen LogP contribution in [0.4, 0.5) is 11.4 Å². The van der Waals surface area contributed by atoms with E-state index in [4.69, 9.17) is 11.2 Å². The Labute approximate surface area is 157 Å². The number of nitrogens with zero attached hydrogens (tertiary/aromatic N) is 2. The van der Waals surface area contributed by atoms with Crippen LogP contribution in [0.15, 0.2) is 73.1 Å². The van der Waals surface area contributed by atoms with Crippen molar-refractivity contribution >= 4 is 17.3 Å². The molecule has 2 heterocycles. The number of ether oxygens (including phenoxy) is 1. The molecule has 0 spiro atoms. The Hall–Kier alpha value is -3.78. The maximum absolute atomic E-state index is 13.3. The highest BCUT2D eigenvalue weighted by molar-refractivity contribution is 6.12. The summed E-state index contributed by atoms with van der Waals surface area (Å²) in [6.45, 7) is 0.156. The summed E-state index contributed by atoms with van der Waals surface area (Å²) in [5.41, 5.74) is 2.97. The molecule has 1 aromatic heterocycles. The van der Waals surface area contributed by atoms with E-state index in [0.29, 0.717) is 11.3 Å². The molecule has 0 saturated carbocycles. The minimum absolute atomic E-state index is 0.0905. The quantitative estimate of drug-likeness (QED) is 0.722. The molecule has 0 bridgehead atoms. The molecule has 1 amide bonds. The number of hydrogen-bond donors (Lipinski definition) is 1. The lowest BCUT2D eigenvalue weighted by molar-refractivity contribution is 0.0974. The smallest absolute Gasteiger partial charge is 0.262 e. The van der Waals surface area contributed by atoms with Crippen LogP contribution < -0.4 is 15.0 Å². The number of anilines is 2. The van der Waals surface area contributed by atoms with E-state index in [2.05, 4.69) is 16.2 Å². The van der Waals surface area contributed by atoms with Crippen LogP contribution in [-0.4, -0.2) is 17.5 Å². The first-order chi connectivity index (χ1) is 13.3. The SMILES string of the molecule is C#CCOc1ccccc1C1Nc2ccccc2C(=O)N1c1ccncc1. The predicted octanol–water partition coefficient (Wildman–Crippen LogP) is 3.86. The summed E-state index contributed by atoms with van der Waals surface area (Å²) in [7, 11) is 0.